The molecule has 0 fully saturated rings. The van der Waals surface area contributed by atoms with E-state index in [9.17, 15) is 22.8 Å². The predicted octanol–water partition coefficient (Wildman–Crippen LogP) is 5.13. The van der Waals surface area contributed by atoms with Crippen LogP contribution in [0.3, 0.4) is 0 Å². The number of fused-ring (bicyclic) bond motifs is 1. The van der Waals surface area contributed by atoms with E-state index in [0.29, 0.717) is 24.3 Å². The van der Waals surface area contributed by atoms with Gasteiger partial charge in [0.05, 0.1) is 7.11 Å². The van der Waals surface area contributed by atoms with Crippen molar-refractivity contribution in [1.29, 1.82) is 0 Å². The molecule has 41 heavy (non-hydrogen) atoms. The third kappa shape index (κ3) is 10.3. The number of rotatable bonds is 10. The van der Waals surface area contributed by atoms with Gasteiger partial charge in [0.25, 0.3) is 5.91 Å². The van der Waals surface area contributed by atoms with Crippen molar-refractivity contribution in [2.24, 2.45) is 11.7 Å². The second-order valence-corrected chi connectivity index (χ2v) is 9.99. The summed E-state index contributed by atoms with van der Waals surface area (Å²) < 4.78 is 36.7. The van der Waals surface area contributed by atoms with Crippen LogP contribution in [0.15, 0.2) is 60.7 Å². The number of carboxylic acids is 1. The Kier molecular flexibility index (Phi) is 12.5. The number of hydrogen-bond acceptors (Lipinski definition) is 7. The Morgan fingerprint density at radius 2 is 1.66 bits per heavy atom. The van der Waals surface area contributed by atoms with Gasteiger partial charge in [-0.15, -0.1) is 0 Å². The Labute approximate surface area is 241 Å². The maximum atomic E-state index is 13.4. The van der Waals surface area contributed by atoms with E-state index in [1.54, 1.807) is 6.07 Å². The number of carboxylic acid groups (broad SMARTS) is 1. The lowest BCUT2D eigenvalue weighted by molar-refractivity contribution is -0.192. The molecule has 3 aromatic carbocycles. The lowest BCUT2D eigenvalue weighted by Crippen LogP contribution is -2.42. The second kappa shape index (κ2) is 15.3. The molecule has 5 N–H and O–H groups in total. The smallest absolute Gasteiger partial charge is 0.475 e. The number of alkyl halides is 3. The van der Waals surface area contributed by atoms with Gasteiger partial charge in [0.15, 0.2) is 0 Å². The van der Waals surface area contributed by atoms with Crippen molar-refractivity contribution in [3.05, 3.63) is 66.2 Å². The van der Waals surface area contributed by atoms with E-state index < -0.39 is 24.2 Å². The summed E-state index contributed by atoms with van der Waals surface area (Å²) in [7, 11) is 1.33. The van der Waals surface area contributed by atoms with Crippen molar-refractivity contribution in [2.75, 3.05) is 24.7 Å². The first-order valence-electron chi connectivity index (χ1n) is 12.7. The van der Waals surface area contributed by atoms with Crippen LogP contribution in [0, 0.1) is 5.92 Å². The van der Waals surface area contributed by atoms with Crippen LogP contribution in [0.2, 0.25) is 0 Å². The maximum absolute atomic E-state index is 13.4. The number of anilines is 1. The fourth-order valence-electron chi connectivity index (χ4n) is 3.83. The maximum Gasteiger partial charge on any atom is 0.490 e. The minimum absolute atomic E-state index is 0.0905. The van der Waals surface area contributed by atoms with Crippen LogP contribution >= 0.6 is 12.6 Å². The summed E-state index contributed by atoms with van der Waals surface area (Å²) in [5.41, 5.74) is 9.01. The third-order valence-corrected chi connectivity index (χ3v) is 6.34. The van der Waals surface area contributed by atoms with Crippen LogP contribution in [-0.4, -0.2) is 60.6 Å². The monoisotopic (exact) mass is 593 g/mol. The SMILES string of the molecule is COC(=O)[C@H](CC(C)C)NC(=O)c1ccc(NC[C@@H](N)CS)cc1-c1ccc2ccccc2c1.O=C(O)C(F)(F)F. The molecule has 0 bridgehead atoms. The lowest BCUT2D eigenvalue weighted by Gasteiger charge is -2.20. The van der Waals surface area contributed by atoms with Crippen molar-refractivity contribution in [3.63, 3.8) is 0 Å². The number of carbonyl (C=O) groups is 3. The molecule has 2 atom stereocenters. The Hall–Kier alpha value is -3.77. The Morgan fingerprint density at radius 3 is 2.22 bits per heavy atom. The molecule has 0 heterocycles. The van der Waals surface area contributed by atoms with E-state index in [1.165, 1.54) is 7.11 Å². The fraction of sp³-hybridized carbons (Fsp3) is 0.345. The van der Waals surface area contributed by atoms with Gasteiger partial charge in [0, 0.05) is 29.6 Å². The molecule has 3 aromatic rings. The van der Waals surface area contributed by atoms with Gasteiger partial charge in [-0.25, -0.2) is 9.59 Å². The molecular formula is C29H34F3N3O5S. The van der Waals surface area contributed by atoms with E-state index in [1.807, 2.05) is 56.3 Å². The van der Waals surface area contributed by atoms with E-state index in [-0.39, 0.29) is 17.9 Å². The number of carbonyl (C=O) groups excluding carboxylic acids is 2. The van der Waals surface area contributed by atoms with Crippen molar-refractivity contribution < 1.29 is 37.4 Å². The summed E-state index contributed by atoms with van der Waals surface area (Å²) >= 11 is 4.24. The highest BCUT2D eigenvalue weighted by Crippen LogP contribution is 2.30. The molecule has 0 unspecified atom stereocenters. The Morgan fingerprint density at radius 1 is 1.02 bits per heavy atom. The number of esters is 1. The lowest BCUT2D eigenvalue weighted by atomic mass is 9.95. The average molecular weight is 594 g/mol. The average Bonchev–Trinajstić information content (AvgIpc) is 2.94. The first kappa shape index (κ1) is 33.4. The Balaban J connectivity index is 0.000000745. The number of methoxy groups -OCH3 is 1. The number of amides is 1. The summed E-state index contributed by atoms with van der Waals surface area (Å²) in [5, 5.41) is 15.5. The molecule has 0 radical (unpaired) electrons. The molecule has 12 heteroatoms. The highest BCUT2D eigenvalue weighted by Gasteiger charge is 2.38. The number of hydrogen-bond donors (Lipinski definition) is 5. The molecule has 0 saturated carbocycles. The molecule has 0 aliphatic heterocycles. The number of aliphatic carboxylic acids is 1. The molecule has 0 spiro atoms. The van der Waals surface area contributed by atoms with Crippen LogP contribution in [-0.2, 0) is 14.3 Å². The molecule has 8 nitrogen and oxygen atoms in total. The topological polar surface area (TPSA) is 131 Å². The van der Waals surface area contributed by atoms with Crippen LogP contribution in [0.5, 0.6) is 0 Å². The summed E-state index contributed by atoms with van der Waals surface area (Å²) in [6, 6.07) is 19.0. The zero-order valence-electron chi connectivity index (χ0n) is 22.9. The van der Waals surface area contributed by atoms with E-state index in [4.69, 9.17) is 20.4 Å². The van der Waals surface area contributed by atoms with Gasteiger partial charge in [0.1, 0.15) is 6.04 Å². The molecule has 0 aliphatic carbocycles. The predicted molar refractivity (Wildman–Crippen MR) is 156 cm³/mol. The van der Waals surface area contributed by atoms with Crippen LogP contribution in [0.4, 0.5) is 18.9 Å². The minimum atomic E-state index is -5.08. The van der Waals surface area contributed by atoms with E-state index in [0.717, 1.165) is 27.6 Å². The molecule has 222 valence electrons. The van der Waals surface area contributed by atoms with Gasteiger partial charge in [-0.05, 0) is 58.5 Å². The van der Waals surface area contributed by atoms with Crippen molar-refractivity contribution in [3.8, 4) is 11.1 Å². The molecule has 0 aliphatic rings. The first-order valence-corrected chi connectivity index (χ1v) is 13.3. The number of halogens is 3. The number of nitrogens with two attached hydrogens (primary N) is 1. The van der Waals surface area contributed by atoms with Crippen LogP contribution in [0.1, 0.15) is 30.6 Å². The molecule has 0 aromatic heterocycles. The molecular weight excluding hydrogens is 559 g/mol. The Bertz CT molecular complexity index is 1350. The summed E-state index contributed by atoms with van der Waals surface area (Å²) in [5.74, 6) is -2.75. The van der Waals surface area contributed by atoms with Gasteiger partial charge in [-0.2, -0.15) is 25.8 Å². The van der Waals surface area contributed by atoms with Gasteiger partial charge in [-0.1, -0.05) is 50.2 Å². The first-order chi connectivity index (χ1) is 19.3. The van der Waals surface area contributed by atoms with Crippen LogP contribution in [0.25, 0.3) is 21.9 Å². The number of benzene rings is 3. The quantitative estimate of drug-likeness (QED) is 0.163. The van der Waals surface area contributed by atoms with Gasteiger partial charge >= 0.3 is 18.1 Å². The highest BCUT2D eigenvalue weighted by molar-refractivity contribution is 7.80. The minimum Gasteiger partial charge on any atom is -0.475 e. The van der Waals surface area contributed by atoms with Crippen molar-refractivity contribution >= 4 is 46.9 Å². The van der Waals surface area contributed by atoms with Gasteiger partial charge in [0.2, 0.25) is 0 Å². The number of nitrogens with one attached hydrogen (secondary N) is 2. The zero-order valence-corrected chi connectivity index (χ0v) is 23.8. The summed E-state index contributed by atoms with van der Waals surface area (Å²) in [6.07, 6.45) is -4.59. The van der Waals surface area contributed by atoms with E-state index in [2.05, 4.69) is 35.4 Å². The second-order valence-electron chi connectivity index (χ2n) is 9.63. The van der Waals surface area contributed by atoms with Gasteiger partial charge in [-0.3, -0.25) is 4.79 Å². The zero-order chi connectivity index (χ0) is 30.7. The number of ether oxygens (including phenoxy) is 1. The van der Waals surface area contributed by atoms with Gasteiger partial charge < -0.3 is 26.2 Å². The number of thiol groups is 1. The van der Waals surface area contributed by atoms with E-state index >= 15 is 0 Å². The van der Waals surface area contributed by atoms with Crippen molar-refractivity contribution in [2.45, 2.75) is 38.5 Å². The third-order valence-electron chi connectivity index (χ3n) is 5.87. The van der Waals surface area contributed by atoms with Crippen molar-refractivity contribution in [1.82, 2.24) is 5.32 Å². The molecule has 0 saturated heterocycles. The molecule has 3 rings (SSSR count). The summed E-state index contributed by atoms with van der Waals surface area (Å²) in [4.78, 5) is 34.5. The summed E-state index contributed by atoms with van der Waals surface area (Å²) in [6.45, 7) is 4.56. The standard InChI is InChI=1S/C27H33N3O3S.C2HF3O2/c1-17(2)12-25(27(32)33-3)30-26(31)23-11-10-22(29-15-21(28)16-34)14-24(23)20-9-8-18-6-4-5-7-19(18)13-20;3-2(4,5)1(6)7/h4-11,13-14,17,21,25,29,34H,12,15-16,28H2,1-3H3,(H,30,31);(H,6,7)/t21-,25+;/m1./s1. The normalized spacial score (nSPS) is 12.6. The molecule has 1 amide bonds. The van der Waals surface area contributed by atoms with Crippen LogP contribution < -0.4 is 16.4 Å². The largest absolute Gasteiger partial charge is 0.490 e. The highest BCUT2D eigenvalue weighted by atomic mass is 32.1. The fourth-order valence-corrected chi connectivity index (χ4v) is 3.95.